The van der Waals surface area contributed by atoms with Crippen molar-refractivity contribution in [3.63, 3.8) is 0 Å². The average molecular weight is 288 g/mol. The van der Waals surface area contributed by atoms with E-state index in [0.29, 0.717) is 16.8 Å². The number of thioether (sulfide) groups is 1. The maximum absolute atomic E-state index is 12.2. The molecule has 0 atom stereocenters. The summed E-state index contributed by atoms with van der Waals surface area (Å²) in [6.07, 6.45) is 4.69. The molecule has 0 saturated heterocycles. The number of pyridine rings is 1. The Bertz CT molecular complexity index is 582. The van der Waals surface area contributed by atoms with Gasteiger partial charge in [-0.3, -0.25) is 4.79 Å². The first-order valence-electron chi connectivity index (χ1n) is 6.17. The monoisotopic (exact) mass is 288 g/mol. The lowest BCUT2D eigenvalue weighted by molar-refractivity contribution is -0.605. The fraction of sp³-hybridized carbons (Fsp3) is 0.200. The molecule has 0 N–H and O–H groups in total. The molecule has 20 heavy (non-hydrogen) atoms. The maximum atomic E-state index is 12.2. The maximum Gasteiger partial charge on any atom is 0.254 e. The molecule has 5 heteroatoms. The Morgan fingerprint density at radius 2 is 1.80 bits per heavy atom. The van der Waals surface area contributed by atoms with Crippen LogP contribution in [0.15, 0.2) is 53.7 Å². The zero-order chi connectivity index (χ0) is 14.5. The third-order valence-corrected chi connectivity index (χ3v) is 3.72. The lowest BCUT2D eigenvalue weighted by atomic mass is 10.2. The summed E-state index contributed by atoms with van der Waals surface area (Å²) in [5.74, 6) is -0.0976. The minimum Gasteiger partial charge on any atom is -0.619 e. The lowest BCUT2D eigenvalue weighted by Gasteiger charge is -2.17. The second-order valence-electron chi connectivity index (χ2n) is 4.46. The van der Waals surface area contributed by atoms with Crippen LogP contribution in [0, 0.1) is 5.21 Å². The van der Waals surface area contributed by atoms with Gasteiger partial charge in [-0.15, -0.1) is 11.8 Å². The van der Waals surface area contributed by atoms with Gasteiger partial charge in [0.05, 0.1) is 5.56 Å². The van der Waals surface area contributed by atoms with Crippen molar-refractivity contribution in [2.24, 2.45) is 0 Å². The number of hydrogen-bond donors (Lipinski definition) is 0. The Balaban J connectivity index is 2.04. The van der Waals surface area contributed by atoms with E-state index in [1.165, 1.54) is 29.4 Å². The molecule has 0 saturated carbocycles. The van der Waals surface area contributed by atoms with E-state index in [-0.39, 0.29) is 5.91 Å². The van der Waals surface area contributed by atoms with Crippen LogP contribution in [0.25, 0.3) is 0 Å². The van der Waals surface area contributed by atoms with E-state index in [0.717, 1.165) is 5.56 Å². The topological polar surface area (TPSA) is 47.2 Å². The van der Waals surface area contributed by atoms with E-state index in [1.807, 2.05) is 30.5 Å². The molecule has 1 aromatic heterocycles. The van der Waals surface area contributed by atoms with Crippen LogP contribution in [-0.4, -0.2) is 24.1 Å². The SMILES string of the molecule is CSc1ccc(CN(C)C(=O)c2cc[n+]([O-])cc2)cc1. The van der Waals surface area contributed by atoms with E-state index >= 15 is 0 Å². The predicted molar refractivity (Wildman–Crippen MR) is 79.4 cm³/mol. The summed E-state index contributed by atoms with van der Waals surface area (Å²) in [6, 6.07) is 11.2. The number of hydrogen-bond acceptors (Lipinski definition) is 3. The first-order chi connectivity index (χ1) is 9.60. The summed E-state index contributed by atoms with van der Waals surface area (Å²) >= 11 is 1.69. The van der Waals surface area contributed by atoms with Gasteiger partial charge in [-0.25, -0.2) is 0 Å². The Kier molecular flexibility index (Phi) is 4.63. The van der Waals surface area contributed by atoms with Crippen LogP contribution in [0.3, 0.4) is 0 Å². The quantitative estimate of drug-likeness (QED) is 0.493. The Morgan fingerprint density at radius 1 is 1.20 bits per heavy atom. The normalized spacial score (nSPS) is 10.3. The molecule has 0 unspecified atom stereocenters. The number of carbonyl (C=O) groups is 1. The summed E-state index contributed by atoms with van der Waals surface area (Å²) in [5.41, 5.74) is 1.59. The lowest BCUT2D eigenvalue weighted by Crippen LogP contribution is -2.29. The summed E-state index contributed by atoms with van der Waals surface area (Å²) in [7, 11) is 1.75. The number of aromatic nitrogens is 1. The van der Waals surface area contributed by atoms with E-state index in [2.05, 4.69) is 0 Å². The highest BCUT2D eigenvalue weighted by Crippen LogP contribution is 2.16. The number of amides is 1. The molecule has 4 nitrogen and oxygen atoms in total. The Labute approximate surface area is 122 Å². The summed E-state index contributed by atoms with van der Waals surface area (Å²) in [4.78, 5) is 15.0. The van der Waals surface area contributed by atoms with Crippen molar-refractivity contribution in [2.75, 3.05) is 13.3 Å². The number of rotatable bonds is 4. The van der Waals surface area contributed by atoms with E-state index < -0.39 is 0 Å². The Hall–Kier alpha value is -2.01. The molecule has 0 fully saturated rings. The summed E-state index contributed by atoms with van der Waals surface area (Å²) in [6.45, 7) is 0.541. The van der Waals surface area contributed by atoms with Gasteiger partial charge in [-0.1, -0.05) is 12.1 Å². The van der Waals surface area contributed by atoms with Gasteiger partial charge in [0.25, 0.3) is 5.91 Å². The molecule has 2 aromatic rings. The van der Waals surface area contributed by atoms with Crippen LogP contribution in [0.2, 0.25) is 0 Å². The Morgan fingerprint density at radius 3 is 2.35 bits per heavy atom. The van der Waals surface area contributed by atoms with Crippen molar-refractivity contribution < 1.29 is 9.52 Å². The third-order valence-electron chi connectivity index (χ3n) is 2.97. The van der Waals surface area contributed by atoms with Crippen molar-refractivity contribution in [3.8, 4) is 0 Å². The van der Waals surface area contributed by atoms with Crippen LogP contribution in [-0.2, 0) is 6.54 Å². The second kappa shape index (κ2) is 6.43. The number of nitrogens with zero attached hydrogens (tertiary/aromatic N) is 2. The molecule has 1 amide bonds. The highest BCUT2D eigenvalue weighted by Gasteiger charge is 2.12. The molecule has 104 valence electrons. The molecular weight excluding hydrogens is 272 g/mol. The van der Waals surface area contributed by atoms with Crippen LogP contribution < -0.4 is 4.73 Å². The van der Waals surface area contributed by atoms with Gasteiger partial charge in [0.2, 0.25) is 0 Å². The molecule has 2 rings (SSSR count). The van der Waals surface area contributed by atoms with Crippen molar-refractivity contribution in [1.29, 1.82) is 0 Å². The zero-order valence-electron chi connectivity index (χ0n) is 11.4. The predicted octanol–water partition coefficient (Wildman–Crippen LogP) is 2.31. The van der Waals surface area contributed by atoms with Crippen molar-refractivity contribution in [1.82, 2.24) is 4.90 Å². The van der Waals surface area contributed by atoms with Crippen molar-refractivity contribution in [2.45, 2.75) is 11.4 Å². The molecule has 0 aliphatic rings. The van der Waals surface area contributed by atoms with Crippen LogP contribution in [0.1, 0.15) is 15.9 Å². The largest absolute Gasteiger partial charge is 0.619 e. The van der Waals surface area contributed by atoms with E-state index in [4.69, 9.17) is 0 Å². The molecule has 0 aliphatic heterocycles. The fourth-order valence-corrected chi connectivity index (χ4v) is 2.26. The van der Waals surface area contributed by atoms with E-state index in [9.17, 15) is 10.0 Å². The highest BCUT2D eigenvalue weighted by atomic mass is 32.2. The molecule has 0 spiro atoms. The molecule has 0 bridgehead atoms. The zero-order valence-corrected chi connectivity index (χ0v) is 12.3. The van der Waals surface area contributed by atoms with Crippen LogP contribution in [0.5, 0.6) is 0 Å². The smallest absolute Gasteiger partial charge is 0.254 e. The van der Waals surface area contributed by atoms with Crippen molar-refractivity contribution in [3.05, 3.63) is 65.1 Å². The highest BCUT2D eigenvalue weighted by molar-refractivity contribution is 7.98. The fourth-order valence-electron chi connectivity index (χ4n) is 1.85. The van der Waals surface area contributed by atoms with Gasteiger partial charge >= 0.3 is 0 Å². The van der Waals surface area contributed by atoms with E-state index in [1.54, 1.807) is 23.7 Å². The standard InChI is InChI=1S/C15H16N2O2S/c1-16(11-12-3-5-14(20-2)6-4-12)15(18)13-7-9-17(19)10-8-13/h3-10H,11H2,1-2H3. The van der Waals surface area contributed by atoms with Gasteiger partial charge in [0, 0.05) is 30.6 Å². The first kappa shape index (κ1) is 14.4. The number of benzene rings is 1. The van der Waals surface area contributed by atoms with Gasteiger partial charge in [0.1, 0.15) is 0 Å². The summed E-state index contributed by atoms with van der Waals surface area (Å²) < 4.78 is 0.665. The average Bonchev–Trinajstić information content (AvgIpc) is 2.48. The molecule has 0 aliphatic carbocycles. The van der Waals surface area contributed by atoms with Crippen LogP contribution in [0.4, 0.5) is 0 Å². The van der Waals surface area contributed by atoms with Gasteiger partial charge in [-0.2, -0.15) is 4.73 Å². The van der Waals surface area contributed by atoms with Gasteiger partial charge in [-0.05, 0) is 24.0 Å². The number of carbonyl (C=O) groups excluding carboxylic acids is 1. The minimum atomic E-state index is -0.0976. The second-order valence-corrected chi connectivity index (χ2v) is 5.34. The third kappa shape index (κ3) is 3.51. The molecule has 1 heterocycles. The van der Waals surface area contributed by atoms with Crippen LogP contribution >= 0.6 is 11.8 Å². The molecule has 0 radical (unpaired) electrons. The molecular formula is C15H16N2O2S. The van der Waals surface area contributed by atoms with Crippen molar-refractivity contribution >= 4 is 17.7 Å². The molecule has 1 aromatic carbocycles. The first-order valence-corrected chi connectivity index (χ1v) is 7.40. The minimum absolute atomic E-state index is 0.0976. The summed E-state index contributed by atoms with van der Waals surface area (Å²) in [5, 5.41) is 11.0. The van der Waals surface area contributed by atoms with Gasteiger partial charge in [0.15, 0.2) is 12.4 Å². The van der Waals surface area contributed by atoms with Gasteiger partial charge < -0.3 is 10.1 Å².